The van der Waals surface area contributed by atoms with E-state index < -0.39 is 5.97 Å². The van der Waals surface area contributed by atoms with Gasteiger partial charge in [0.05, 0.1) is 0 Å². The number of aliphatic carboxylic acids is 1. The third-order valence-electron chi connectivity index (χ3n) is 3.28. The van der Waals surface area contributed by atoms with Crippen LogP contribution in [0.15, 0.2) is 35.4 Å². The van der Waals surface area contributed by atoms with Gasteiger partial charge < -0.3 is 5.11 Å². The highest BCUT2D eigenvalue weighted by molar-refractivity contribution is 6.36. The quantitative estimate of drug-likeness (QED) is 0.807. The maximum atomic E-state index is 11.7. The normalized spacial score (nSPS) is 15.1. The molecule has 1 aromatic rings. The number of carboxylic acids is 1. The zero-order valence-electron chi connectivity index (χ0n) is 11.3. The molecule has 0 aromatic heterocycles. The molecule has 1 aromatic carbocycles. The van der Waals surface area contributed by atoms with Gasteiger partial charge in [0.25, 0.3) is 0 Å². The van der Waals surface area contributed by atoms with E-state index >= 15 is 0 Å². The highest BCUT2D eigenvalue weighted by Gasteiger charge is 2.23. The van der Waals surface area contributed by atoms with E-state index in [1.807, 2.05) is 18.2 Å². The van der Waals surface area contributed by atoms with Crippen molar-refractivity contribution < 1.29 is 14.7 Å². The van der Waals surface area contributed by atoms with E-state index in [9.17, 15) is 9.59 Å². The molecule has 1 N–H and O–H groups in total. The summed E-state index contributed by atoms with van der Waals surface area (Å²) in [4.78, 5) is 22.5. The Bertz CT molecular complexity index is 511. The zero-order valence-corrected chi connectivity index (χ0v) is 11.3. The van der Waals surface area contributed by atoms with Crippen LogP contribution in [0.25, 0.3) is 0 Å². The van der Waals surface area contributed by atoms with Crippen LogP contribution >= 0.6 is 0 Å². The van der Waals surface area contributed by atoms with Gasteiger partial charge in [0.15, 0.2) is 0 Å². The van der Waals surface area contributed by atoms with Crippen molar-refractivity contribution >= 4 is 17.6 Å². The first-order valence-electron chi connectivity index (χ1n) is 6.82. The van der Waals surface area contributed by atoms with Crippen LogP contribution in [-0.2, 0) is 16.0 Å². The summed E-state index contributed by atoms with van der Waals surface area (Å²) in [6.45, 7) is 0.489. The lowest BCUT2D eigenvalue weighted by molar-refractivity contribution is -0.132. The molecule has 1 aliphatic rings. The van der Waals surface area contributed by atoms with E-state index in [0.717, 1.165) is 19.3 Å². The highest BCUT2D eigenvalue weighted by Crippen LogP contribution is 2.11. The van der Waals surface area contributed by atoms with Crippen molar-refractivity contribution in [1.82, 2.24) is 5.01 Å². The molecule has 0 radical (unpaired) electrons. The average Bonchev–Trinajstić information content (AvgIpc) is 2.46. The predicted octanol–water partition coefficient (Wildman–Crippen LogP) is 2.07. The van der Waals surface area contributed by atoms with Crippen molar-refractivity contribution in [2.24, 2.45) is 5.10 Å². The number of amides is 1. The van der Waals surface area contributed by atoms with Crippen molar-refractivity contribution in [3.63, 3.8) is 0 Å². The predicted molar refractivity (Wildman–Crippen MR) is 75.4 cm³/mol. The zero-order chi connectivity index (χ0) is 14.4. The molecule has 0 saturated carbocycles. The third-order valence-corrected chi connectivity index (χ3v) is 3.28. The van der Waals surface area contributed by atoms with Gasteiger partial charge in [-0.1, -0.05) is 30.3 Å². The molecule has 0 saturated heterocycles. The minimum absolute atomic E-state index is 0.0765. The van der Waals surface area contributed by atoms with Crippen LogP contribution in [0.2, 0.25) is 0 Å². The molecule has 106 valence electrons. The van der Waals surface area contributed by atoms with Gasteiger partial charge in [0.1, 0.15) is 5.71 Å². The van der Waals surface area contributed by atoms with E-state index in [2.05, 4.69) is 17.2 Å². The number of benzene rings is 1. The molecule has 1 amide bonds. The van der Waals surface area contributed by atoms with E-state index in [1.54, 1.807) is 0 Å². The van der Waals surface area contributed by atoms with Gasteiger partial charge >= 0.3 is 5.97 Å². The van der Waals surface area contributed by atoms with Crippen LogP contribution in [0.3, 0.4) is 0 Å². The van der Waals surface area contributed by atoms with Crippen LogP contribution in [-0.4, -0.2) is 34.2 Å². The first-order valence-corrected chi connectivity index (χ1v) is 6.82. The first-order chi connectivity index (χ1) is 9.66. The van der Waals surface area contributed by atoms with Gasteiger partial charge in [-0.3, -0.25) is 4.79 Å². The Morgan fingerprint density at radius 1 is 1.20 bits per heavy atom. The van der Waals surface area contributed by atoms with Gasteiger partial charge in [-0.2, -0.15) is 5.10 Å². The van der Waals surface area contributed by atoms with E-state index in [0.29, 0.717) is 6.54 Å². The standard InChI is InChI=1S/C15H18N2O3/c18-14-10-9-13(15(19)20)16-17(14)11-5-4-8-12-6-2-1-3-7-12/h1-3,6-7H,4-5,8-11H2,(H,19,20). The number of hydrazone groups is 1. The molecule has 1 heterocycles. The topological polar surface area (TPSA) is 70.0 Å². The largest absolute Gasteiger partial charge is 0.477 e. The summed E-state index contributed by atoms with van der Waals surface area (Å²) in [6.07, 6.45) is 3.19. The Labute approximate surface area is 117 Å². The average molecular weight is 274 g/mol. The fourth-order valence-corrected chi connectivity index (χ4v) is 2.17. The highest BCUT2D eigenvalue weighted by atomic mass is 16.4. The number of rotatable bonds is 6. The third kappa shape index (κ3) is 3.91. The van der Waals surface area contributed by atoms with Gasteiger partial charge in [-0.05, 0) is 24.8 Å². The summed E-state index contributed by atoms with van der Waals surface area (Å²) >= 11 is 0. The SMILES string of the molecule is O=C(O)C1=NN(CCCCc2ccccc2)C(=O)CC1. The summed E-state index contributed by atoms with van der Waals surface area (Å²) in [7, 11) is 0. The molecule has 1 aliphatic heterocycles. The minimum Gasteiger partial charge on any atom is -0.477 e. The molecule has 0 fully saturated rings. The van der Waals surface area contributed by atoms with Crippen molar-refractivity contribution in [2.75, 3.05) is 6.54 Å². The lowest BCUT2D eigenvalue weighted by atomic mass is 10.1. The molecule has 0 unspecified atom stereocenters. The van der Waals surface area contributed by atoms with Crippen LogP contribution in [0.1, 0.15) is 31.2 Å². The molecule has 0 atom stereocenters. The van der Waals surface area contributed by atoms with E-state index in [-0.39, 0.29) is 24.5 Å². The lowest BCUT2D eigenvalue weighted by Gasteiger charge is -2.21. The number of aryl methyl sites for hydroxylation is 1. The Morgan fingerprint density at radius 3 is 2.65 bits per heavy atom. The second kappa shape index (κ2) is 6.84. The number of nitrogens with zero attached hydrogens (tertiary/aromatic N) is 2. The summed E-state index contributed by atoms with van der Waals surface area (Å²) in [5, 5.41) is 14.1. The number of hydrogen-bond donors (Lipinski definition) is 1. The van der Waals surface area contributed by atoms with Crippen molar-refractivity contribution in [1.29, 1.82) is 0 Å². The number of carbonyl (C=O) groups excluding carboxylic acids is 1. The van der Waals surface area contributed by atoms with Gasteiger partial charge in [-0.15, -0.1) is 0 Å². The smallest absolute Gasteiger partial charge is 0.352 e. The summed E-state index contributed by atoms with van der Waals surface area (Å²) in [6, 6.07) is 10.2. The summed E-state index contributed by atoms with van der Waals surface area (Å²) < 4.78 is 0. The molecule has 0 aliphatic carbocycles. The van der Waals surface area contributed by atoms with Crippen LogP contribution in [0.4, 0.5) is 0 Å². The first kappa shape index (κ1) is 14.2. The Balaban J connectivity index is 1.79. The number of carbonyl (C=O) groups is 2. The molecule has 2 rings (SSSR count). The Morgan fingerprint density at radius 2 is 1.95 bits per heavy atom. The maximum absolute atomic E-state index is 11.7. The summed E-state index contributed by atoms with van der Waals surface area (Å²) in [5.74, 6) is -1.12. The number of carboxylic acid groups (broad SMARTS) is 1. The van der Waals surface area contributed by atoms with Gasteiger partial charge in [0, 0.05) is 19.4 Å². The fourth-order valence-electron chi connectivity index (χ4n) is 2.17. The van der Waals surface area contributed by atoms with Crippen molar-refractivity contribution in [3.05, 3.63) is 35.9 Å². The molecule has 5 heteroatoms. The van der Waals surface area contributed by atoms with Crippen LogP contribution < -0.4 is 0 Å². The van der Waals surface area contributed by atoms with Gasteiger partial charge in [0.2, 0.25) is 5.91 Å². The second-order valence-corrected chi connectivity index (χ2v) is 4.81. The van der Waals surface area contributed by atoms with Crippen LogP contribution in [0.5, 0.6) is 0 Å². The van der Waals surface area contributed by atoms with E-state index in [4.69, 9.17) is 5.11 Å². The maximum Gasteiger partial charge on any atom is 0.352 e. The van der Waals surface area contributed by atoms with Crippen LogP contribution in [0, 0.1) is 0 Å². The molecular formula is C15H18N2O3. The molecule has 5 nitrogen and oxygen atoms in total. The molecule has 20 heavy (non-hydrogen) atoms. The minimum atomic E-state index is -1.04. The monoisotopic (exact) mass is 274 g/mol. The number of unbranched alkanes of at least 4 members (excludes halogenated alkanes) is 1. The Kier molecular flexibility index (Phi) is 4.87. The fraction of sp³-hybridized carbons (Fsp3) is 0.400. The molecule has 0 bridgehead atoms. The molecular weight excluding hydrogens is 256 g/mol. The second-order valence-electron chi connectivity index (χ2n) is 4.81. The van der Waals surface area contributed by atoms with Gasteiger partial charge in [-0.25, -0.2) is 9.80 Å². The lowest BCUT2D eigenvalue weighted by Crippen LogP contribution is -2.34. The van der Waals surface area contributed by atoms with Crippen molar-refractivity contribution in [3.8, 4) is 0 Å². The number of hydrogen-bond acceptors (Lipinski definition) is 3. The Hall–Kier alpha value is -2.17. The molecule has 0 spiro atoms. The van der Waals surface area contributed by atoms with Crippen molar-refractivity contribution in [2.45, 2.75) is 32.1 Å². The summed E-state index contributed by atoms with van der Waals surface area (Å²) in [5.41, 5.74) is 1.35. The van der Waals surface area contributed by atoms with E-state index in [1.165, 1.54) is 10.6 Å².